The van der Waals surface area contributed by atoms with Crippen LogP contribution in [0.2, 0.25) is 0 Å². The van der Waals surface area contributed by atoms with Gasteiger partial charge in [0.15, 0.2) is 0 Å². The van der Waals surface area contributed by atoms with Gasteiger partial charge in [-0.25, -0.2) is 12.8 Å². The fraction of sp³-hybridized carbons (Fsp3) is 0.450. The predicted octanol–water partition coefficient (Wildman–Crippen LogP) is 2.71. The lowest BCUT2D eigenvalue weighted by Gasteiger charge is -2.31. The van der Waals surface area contributed by atoms with Gasteiger partial charge >= 0.3 is 0 Å². The summed E-state index contributed by atoms with van der Waals surface area (Å²) in [5.41, 5.74) is 0. The van der Waals surface area contributed by atoms with Gasteiger partial charge in [0.1, 0.15) is 10.7 Å². The van der Waals surface area contributed by atoms with E-state index >= 15 is 0 Å². The molecule has 1 saturated heterocycles. The van der Waals surface area contributed by atoms with Crippen LogP contribution in [0.25, 0.3) is 0 Å². The van der Waals surface area contributed by atoms with Crippen molar-refractivity contribution in [1.82, 2.24) is 14.5 Å². The minimum atomic E-state index is -3.89. The number of sulfonamides is 1. The summed E-state index contributed by atoms with van der Waals surface area (Å²) in [7, 11) is 0.0625. The van der Waals surface area contributed by atoms with Crippen molar-refractivity contribution in [2.45, 2.75) is 23.8 Å². The Labute approximate surface area is 175 Å². The molecule has 1 N–H and O–H groups in total. The van der Waals surface area contributed by atoms with Gasteiger partial charge in [-0.1, -0.05) is 18.2 Å². The average Bonchev–Trinajstić information content (AvgIpc) is 3.22. The number of carbonyl (C=O) groups is 1. The minimum absolute atomic E-state index is 0.0589. The summed E-state index contributed by atoms with van der Waals surface area (Å²) in [6, 6.07) is 9.52. The molecule has 2 aromatic rings. The molecule has 1 aromatic carbocycles. The Morgan fingerprint density at radius 2 is 1.93 bits per heavy atom. The van der Waals surface area contributed by atoms with E-state index in [0.717, 1.165) is 6.07 Å². The summed E-state index contributed by atoms with van der Waals surface area (Å²) in [6.45, 7) is 0.910. The Morgan fingerprint density at radius 1 is 1.24 bits per heavy atom. The van der Waals surface area contributed by atoms with E-state index in [1.54, 1.807) is 11.3 Å². The highest BCUT2D eigenvalue weighted by molar-refractivity contribution is 7.89. The fourth-order valence-electron chi connectivity index (χ4n) is 3.51. The van der Waals surface area contributed by atoms with Crippen molar-refractivity contribution >= 4 is 27.3 Å². The zero-order valence-electron chi connectivity index (χ0n) is 16.5. The van der Waals surface area contributed by atoms with E-state index in [1.165, 1.54) is 27.4 Å². The van der Waals surface area contributed by atoms with Crippen molar-refractivity contribution in [3.8, 4) is 0 Å². The molecular weight excluding hydrogens is 413 g/mol. The second-order valence-electron chi connectivity index (χ2n) is 7.35. The number of thiophene rings is 1. The quantitative estimate of drug-likeness (QED) is 0.720. The van der Waals surface area contributed by atoms with Crippen LogP contribution in [0.1, 0.15) is 23.8 Å². The van der Waals surface area contributed by atoms with Gasteiger partial charge in [-0.2, -0.15) is 4.31 Å². The molecule has 3 rings (SSSR count). The first-order valence-electron chi connectivity index (χ1n) is 9.53. The Balaban J connectivity index is 1.56. The van der Waals surface area contributed by atoms with E-state index in [9.17, 15) is 17.6 Å². The maximum atomic E-state index is 13.9. The number of likely N-dealkylation sites (N-methyl/N-ethyl adjacent to an activating group) is 1. The largest absolute Gasteiger partial charge is 0.354 e. The summed E-state index contributed by atoms with van der Waals surface area (Å²) in [5, 5.41) is 5.03. The smallest absolute Gasteiger partial charge is 0.245 e. The van der Waals surface area contributed by atoms with Crippen LogP contribution in [0.5, 0.6) is 0 Å². The van der Waals surface area contributed by atoms with Gasteiger partial charge in [0.25, 0.3) is 0 Å². The highest BCUT2D eigenvalue weighted by Crippen LogP contribution is 2.26. The van der Waals surface area contributed by atoms with E-state index in [0.29, 0.717) is 19.4 Å². The summed E-state index contributed by atoms with van der Waals surface area (Å²) in [6.07, 6.45) is 0.844. The predicted molar refractivity (Wildman–Crippen MR) is 112 cm³/mol. The Kier molecular flexibility index (Phi) is 7.05. The lowest BCUT2D eigenvalue weighted by atomic mass is 9.97. The van der Waals surface area contributed by atoms with Crippen LogP contribution in [0.4, 0.5) is 4.39 Å². The maximum Gasteiger partial charge on any atom is 0.245 e. The maximum absolute atomic E-state index is 13.9. The molecule has 6 nitrogen and oxygen atoms in total. The van der Waals surface area contributed by atoms with Crippen molar-refractivity contribution in [2.75, 3.05) is 33.7 Å². The summed E-state index contributed by atoms with van der Waals surface area (Å²) < 4.78 is 40.6. The van der Waals surface area contributed by atoms with E-state index < -0.39 is 15.8 Å². The molecule has 1 aromatic heterocycles. The molecule has 1 unspecified atom stereocenters. The minimum Gasteiger partial charge on any atom is -0.354 e. The van der Waals surface area contributed by atoms with E-state index in [1.807, 2.05) is 31.6 Å². The number of nitrogens with zero attached hydrogens (tertiary/aromatic N) is 2. The van der Waals surface area contributed by atoms with Crippen molar-refractivity contribution in [1.29, 1.82) is 0 Å². The zero-order chi connectivity index (χ0) is 21.0. The van der Waals surface area contributed by atoms with Crippen LogP contribution in [0.3, 0.4) is 0 Å². The van der Waals surface area contributed by atoms with Crippen LogP contribution in [0, 0.1) is 11.7 Å². The molecule has 2 heterocycles. The first-order valence-corrected chi connectivity index (χ1v) is 11.8. The van der Waals surface area contributed by atoms with Gasteiger partial charge in [-0.3, -0.25) is 4.79 Å². The van der Waals surface area contributed by atoms with Gasteiger partial charge in [-0.05, 0) is 50.5 Å². The first-order chi connectivity index (χ1) is 13.8. The monoisotopic (exact) mass is 439 g/mol. The van der Waals surface area contributed by atoms with Crippen LogP contribution >= 0.6 is 11.3 Å². The second-order valence-corrected chi connectivity index (χ2v) is 10.2. The molecule has 0 radical (unpaired) electrons. The molecule has 29 heavy (non-hydrogen) atoms. The van der Waals surface area contributed by atoms with Crippen LogP contribution in [-0.4, -0.2) is 57.3 Å². The Morgan fingerprint density at radius 3 is 2.52 bits per heavy atom. The third kappa shape index (κ3) is 5.03. The van der Waals surface area contributed by atoms with Crippen molar-refractivity contribution in [3.05, 3.63) is 52.5 Å². The number of carbonyl (C=O) groups excluding carboxylic acids is 1. The fourth-order valence-corrected chi connectivity index (χ4v) is 5.97. The molecule has 0 spiro atoms. The summed E-state index contributed by atoms with van der Waals surface area (Å²) in [5.74, 6) is -1.06. The van der Waals surface area contributed by atoms with E-state index in [2.05, 4.69) is 10.2 Å². The highest BCUT2D eigenvalue weighted by Gasteiger charge is 2.33. The molecule has 1 aliphatic rings. The van der Waals surface area contributed by atoms with Crippen molar-refractivity contribution in [2.24, 2.45) is 5.92 Å². The highest BCUT2D eigenvalue weighted by atomic mass is 32.2. The molecule has 1 amide bonds. The molecule has 1 aliphatic heterocycles. The summed E-state index contributed by atoms with van der Waals surface area (Å²) >= 11 is 1.65. The number of rotatable bonds is 7. The summed E-state index contributed by atoms with van der Waals surface area (Å²) in [4.78, 5) is 15.6. The standard InChI is InChI=1S/C20H26FN3O3S2/c1-23(2)17(18-7-5-13-28-18)14-22-20(25)15-9-11-24(12-10-15)29(26,27)19-8-4-3-6-16(19)21/h3-8,13,15,17H,9-12,14H2,1-2H3,(H,22,25). The number of nitrogens with one attached hydrogen (secondary N) is 1. The number of hydrogen-bond acceptors (Lipinski definition) is 5. The molecule has 9 heteroatoms. The lowest BCUT2D eigenvalue weighted by molar-refractivity contribution is -0.126. The van der Waals surface area contributed by atoms with Crippen molar-refractivity contribution in [3.63, 3.8) is 0 Å². The van der Waals surface area contributed by atoms with E-state index in [-0.39, 0.29) is 35.9 Å². The number of benzene rings is 1. The third-order valence-corrected chi connectivity index (χ3v) is 8.15. The van der Waals surface area contributed by atoms with Crippen LogP contribution < -0.4 is 5.32 Å². The van der Waals surface area contributed by atoms with Gasteiger partial charge in [0.2, 0.25) is 15.9 Å². The Hall–Kier alpha value is -1.81. The zero-order valence-corrected chi connectivity index (χ0v) is 18.2. The average molecular weight is 440 g/mol. The van der Waals surface area contributed by atoms with E-state index in [4.69, 9.17) is 0 Å². The Bertz CT molecular complexity index is 924. The van der Waals surface area contributed by atoms with Crippen molar-refractivity contribution < 1.29 is 17.6 Å². The van der Waals surface area contributed by atoms with Gasteiger partial charge in [0, 0.05) is 30.4 Å². The molecular formula is C20H26FN3O3S2. The van der Waals surface area contributed by atoms with Gasteiger partial charge in [-0.15, -0.1) is 11.3 Å². The molecule has 1 atom stereocenters. The van der Waals surface area contributed by atoms with Crippen LogP contribution in [-0.2, 0) is 14.8 Å². The molecule has 0 aliphatic carbocycles. The first kappa shape index (κ1) is 21.9. The van der Waals surface area contributed by atoms with Gasteiger partial charge in [0.05, 0.1) is 6.04 Å². The topological polar surface area (TPSA) is 69.7 Å². The lowest BCUT2D eigenvalue weighted by Crippen LogP contribution is -2.44. The number of piperidine rings is 1. The molecule has 0 bridgehead atoms. The normalized spacial score (nSPS) is 17.4. The number of halogens is 1. The number of amides is 1. The number of hydrogen-bond donors (Lipinski definition) is 1. The third-order valence-electron chi connectivity index (χ3n) is 5.24. The van der Waals surface area contributed by atoms with Crippen LogP contribution in [0.15, 0.2) is 46.7 Å². The van der Waals surface area contributed by atoms with Gasteiger partial charge < -0.3 is 10.2 Å². The second kappa shape index (κ2) is 9.34. The molecule has 0 saturated carbocycles. The SMILES string of the molecule is CN(C)C(CNC(=O)C1CCN(S(=O)(=O)c2ccccc2F)CC1)c1cccs1. The molecule has 158 valence electrons. The molecule has 1 fully saturated rings.